The largest absolute Gasteiger partial charge is 0.356 e. The Morgan fingerprint density at radius 2 is 2.12 bits per heavy atom. The molecule has 0 saturated carbocycles. The molecule has 7 heteroatoms. The summed E-state index contributed by atoms with van der Waals surface area (Å²) < 4.78 is 15.5. The van der Waals surface area contributed by atoms with E-state index in [0.717, 1.165) is 30.9 Å². The van der Waals surface area contributed by atoms with Gasteiger partial charge >= 0.3 is 0 Å². The number of benzene rings is 1. The van der Waals surface area contributed by atoms with Crippen LogP contribution in [0.4, 0.5) is 10.2 Å². The van der Waals surface area contributed by atoms with Gasteiger partial charge in [-0.15, -0.1) is 0 Å². The molecule has 0 spiro atoms. The van der Waals surface area contributed by atoms with Crippen molar-refractivity contribution in [2.24, 2.45) is 5.92 Å². The Kier molecular flexibility index (Phi) is 4.51. The summed E-state index contributed by atoms with van der Waals surface area (Å²) in [6, 6.07) is 10.3. The number of aromatic nitrogens is 3. The first-order valence-corrected chi connectivity index (χ1v) is 8.77. The molecule has 1 unspecified atom stereocenters. The summed E-state index contributed by atoms with van der Waals surface area (Å²) in [5.74, 6) is 0.473. The molecule has 1 amide bonds. The third-order valence-electron chi connectivity index (χ3n) is 4.80. The molecule has 3 heterocycles. The van der Waals surface area contributed by atoms with E-state index in [9.17, 15) is 9.18 Å². The number of nitrogens with one attached hydrogen (secondary N) is 1. The standard InChI is InChI=1S/C19H20FN5O/c20-16-6-2-1-4-14(16)12-22-19(26)15-5-3-11-24(13-15)18-8-9-21-17-7-10-23-25(17)18/h1-2,4,6-10,15H,3,5,11-13H2,(H,22,26). The Morgan fingerprint density at radius 3 is 3.00 bits per heavy atom. The number of hydrogen-bond donors (Lipinski definition) is 1. The van der Waals surface area contributed by atoms with Crippen molar-refractivity contribution in [1.82, 2.24) is 19.9 Å². The molecule has 0 aliphatic carbocycles. The summed E-state index contributed by atoms with van der Waals surface area (Å²) in [4.78, 5) is 19.0. The molecule has 1 fully saturated rings. The first kappa shape index (κ1) is 16.5. The van der Waals surface area contributed by atoms with Gasteiger partial charge in [-0.2, -0.15) is 9.61 Å². The van der Waals surface area contributed by atoms with Crippen LogP contribution in [0.25, 0.3) is 5.65 Å². The highest BCUT2D eigenvalue weighted by atomic mass is 19.1. The SMILES string of the molecule is O=C(NCc1ccccc1F)C1CCCN(c2ccnc3ccnn23)C1. The number of piperidine rings is 1. The predicted molar refractivity (Wildman–Crippen MR) is 96.2 cm³/mol. The minimum absolute atomic E-state index is 0.0382. The van der Waals surface area contributed by atoms with Gasteiger partial charge in [0.15, 0.2) is 5.65 Å². The van der Waals surface area contributed by atoms with Gasteiger partial charge in [0.2, 0.25) is 5.91 Å². The van der Waals surface area contributed by atoms with E-state index in [2.05, 4.69) is 20.3 Å². The van der Waals surface area contributed by atoms with Crippen molar-refractivity contribution in [1.29, 1.82) is 0 Å². The van der Waals surface area contributed by atoms with Gasteiger partial charge in [-0.3, -0.25) is 4.79 Å². The normalized spacial score (nSPS) is 17.4. The molecule has 0 bridgehead atoms. The fraction of sp³-hybridized carbons (Fsp3) is 0.316. The zero-order valence-corrected chi connectivity index (χ0v) is 14.3. The van der Waals surface area contributed by atoms with E-state index in [1.807, 2.05) is 12.1 Å². The van der Waals surface area contributed by atoms with Gasteiger partial charge in [-0.1, -0.05) is 18.2 Å². The Balaban J connectivity index is 1.44. The molecular formula is C19H20FN5O. The molecular weight excluding hydrogens is 333 g/mol. The number of nitrogens with zero attached hydrogens (tertiary/aromatic N) is 4. The number of rotatable bonds is 4. The van der Waals surface area contributed by atoms with Crippen molar-refractivity contribution in [3.8, 4) is 0 Å². The number of halogens is 1. The number of carbonyl (C=O) groups is 1. The number of carbonyl (C=O) groups excluding carboxylic acids is 1. The van der Waals surface area contributed by atoms with Crippen molar-refractivity contribution in [3.05, 3.63) is 60.2 Å². The topological polar surface area (TPSA) is 62.5 Å². The molecule has 1 saturated heterocycles. The van der Waals surface area contributed by atoms with Crippen LogP contribution >= 0.6 is 0 Å². The summed E-state index contributed by atoms with van der Waals surface area (Å²) in [5.41, 5.74) is 1.29. The highest BCUT2D eigenvalue weighted by Gasteiger charge is 2.27. The third kappa shape index (κ3) is 3.24. The minimum atomic E-state index is -0.295. The highest BCUT2D eigenvalue weighted by Crippen LogP contribution is 2.23. The summed E-state index contributed by atoms with van der Waals surface area (Å²) in [7, 11) is 0. The predicted octanol–water partition coefficient (Wildman–Crippen LogP) is 2.40. The van der Waals surface area contributed by atoms with Crippen LogP contribution in [0.15, 0.2) is 48.8 Å². The van der Waals surface area contributed by atoms with Crippen molar-refractivity contribution >= 4 is 17.4 Å². The second kappa shape index (κ2) is 7.11. The van der Waals surface area contributed by atoms with Crippen molar-refractivity contribution in [2.45, 2.75) is 19.4 Å². The van der Waals surface area contributed by atoms with E-state index in [0.29, 0.717) is 12.1 Å². The van der Waals surface area contributed by atoms with Gasteiger partial charge < -0.3 is 10.2 Å². The van der Waals surface area contributed by atoms with E-state index < -0.39 is 0 Å². The van der Waals surface area contributed by atoms with E-state index in [1.54, 1.807) is 35.1 Å². The second-order valence-corrected chi connectivity index (χ2v) is 6.50. The number of fused-ring (bicyclic) bond motifs is 1. The summed E-state index contributed by atoms with van der Waals surface area (Å²) >= 11 is 0. The fourth-order valence-corrected chi connectivity index (χ4v) is 3.43. The monoisotopic (exact) mass is 353 g/mol. The lowest BCUT2D eigenvalue weighted by molar-refractivity contribution is -0.125. The lowest BCUT2D eigenvalue weighted by Crippen LogP contribution is -2.43. The van der Waals surface area contributed by atoms with Gasteiger partial charge in [-0.05, 0) is 25.0 Å². The molecule has 26 heavy (non-hydrogen) atoms. The number of anilines is 1. The summed E-state index contributed by atoms with van der Waals surface area (Å²) in [6.45, 7) is 1.69. The van der Waals surface area contributed by atoms with Crippen LogP contribution in [0.2, 0.25) is 0 Å². The van der Waals surface area contributed by atoms with Crippen LogP contribution in [-0.2, 0) is 11.3 Å². The maximum Gasteiger partial charge on any atom is 0.225 e. The maximum atomic E-state index is 13.7. The average molecular weight is 353 g/mol. The van der Waals surface area contributed by atoms with Crippen molar-refractivity contribution < 1.29 is 9.18 Å². The molecule has 1 aliphatic heterocycles. The van der Waals surface area contributed by atoms with Gasteiger partial charge in [0, 0.05) is 37.5 Å². The quantitative estimate of drug-likeness (QED) is 0.782. The molecule has 2 aromatic heterocycles. The Bertz CT molecular complexity index is 925. The van der Waals surface area contributed by atoms with E-state index in [1.165, 1.54) is 6.07 Å². The Morgan fingerprint density at radius 1 is 1.23 bits per heavy atom. The zero-order valence-electron chi connectivity index (χ0n) is 14.3. The lowest BCUT2D eigenvalue weighted by Gasteiger charge is -2.33. The Labute approximate surface area is 150 Å². The Hall–Kier alpha value is -2.96. The lowest BCUT2D eigenvalue weighted by atomic mass is 9.97. The molecule has 1 aromatic carbocycles. The highest BCUT2D eigenvalue weighted by molar-refractivity contribution is 5.79. The second-order valence-electron chi connectivity index (χ2n) is 6.50. The summed E-state index contributed by atoms with van der Waals surface area (Å²) in [5, 5.41) is 7.19. The zero-order chi connectivity index (χ0) is 17.9. The van der Waals surface area contributed by atoms with Crippen LogP contribution in [0.1, 0.15) is 18.4 Å². The van der Waals surface area contributed by atoms with E-state index >= 15 is 0 Å². The first-order chi connectivity index (χ1) is 12.7. The molecule has 3 aromatic rings. The van der Waals surface area contributed by atoms with Crippen LogP contribution in [0.3, 0.4) is 0 Å². The van der Waals surface area contributed by atoms with Crippen LogP contribution in [0, 0.1) is 11.7 Å². The molecule has 4 rings (SSSR count). The number of amides is 1. The van der Waals surface area contributed by atoms with Gasteiger partial charge in [0.05, 0.1) is 12.1 Å². The van der Waals surface area contributed by atoms with E-state index in [-0.39, 0.29) is 24.2 Å². The van der Waals surface area contributed by atoms with E-state index in [4.69, 9.17) is 0 Å². The molecule has 0 radical (unpaired) electrons. The van der Waals surface area contributed by atoms with Crippen LogP contribution in [0.5, 0.6) is 0 Å². The molecule has 134 valence electrons. The van der Waals surface area contributed by atoms with Crippen molar-refractivity contribution in [3.63, 3.8) is 0 Å². The summed E-state index contributed by atoms with van der Waals surface area (Å²) in [6.07, 6.45) is 5.22. The van der Waals surface area contributed by atoms with Gasteiger partial charge in [0.25, 0.3) is 0 Å². The molecule has 6 nitrogen and oxygen atoms in total. The molecule has 1 atom stereocenters. The van der Waals surface area contributed by atoms with Crippen LogP contribution in [-0.4, -0.2) is 33.6 Å². The fourth-order valence-electron chi connectivity index (χ4n) is 3.43. The van der Waals surface area contributed by atoms with Crippen LogP contribution < -0.4 is 10.2 Å². The smallest absolute Gasteiger partial charge is 0.225 e. The molecule has 1 aliphatic rings. The van der Waals surface area contributed by atoms with Crippen molar-refractivity contribution in [2.75, 3.05) is 18.0 Å². The maximum absolute atomic E-state index is 13.7. The first-order valence-electron chi connectivity index (χ1n) is 8.77. The van der Waals surface area contributed by atoms with Gasteiger partial charge in [-0.25, -0.2) is 9.37 Å². The van der Waals surface area contributed by atoms with Gasteiger partial charge in [0.1, 0.15) is 11.6 Å². The minimum Gasteiger partial charge on any atom is -0.356 e. The third-order valence-corrected chi connectivity index (χ3v) is 4.80. The molecule has 1 N–H and O–H groups in total. The average Bonchev–Trinajstić information content (AvgIpc) is 3.16. The number of hydrogen-bond acceptors (Lipinski definition) is 4.